The zero-order valence-electron chi connectivity index (χ0n) is 17.5. The van der Waals surface area contributed by atoms with E-state index in [9.17, 15) is 23.2 Å². The quantitative estimate of drug-likeness (QED) is 0.442. The van der Waals surface area contributed by atoms with E-state index in [1.807, 2.05) is 0 Å². The van der Waals surface area contributed by atoms with Crippen LogP contribution in [0.15, 0.2) is 56.6 Å². The van der Waals surface area contributed by atoms with E-state index >= 15 is 0 Å². The summed E-state index contributed by atoms with van der Waals surface area (Å²) in [5, 5.41) is 10.3. The molecule has 1 N–H and O–H groups in total. The minimum Gasteiger partial charge on any atom is -0.339 e. The Morgan fingerprint density at radius 2 is 1.82 bits per heavy atom. The SMILES string of the molecule is Cn1c(=O)c(-c2noc(CCC(=O)Nc3ccc(F)cc3Cl)n2)nn(-c2ccc(F)cc2)c1=O. The zero-order chi connectivity index (χ0) is 24.4. The highest BCUT2D eigenvalue weighted by atomic mass is 35.5. The topological polar surface area (TPSA) is 125 Å². The lowest BCUT2D eigenvalue weighted by atomic mass is 10.2. The molecular weight excluding hydrogens is 474 g/mol. The Bertz CT molecular complexity index is 1500. The van der Waals surface area contributed by atoms with E-state index in [-0.39, 0.29) is 46.6 Å². The van der Waals surface area contributed by atoms with Crippen molar-refractivity contribution in [1.82, 2.24) is 24.5 Å². The van der Waals surface area contributed by atoms with Crippen LogP contribution in [-0.4, -0.2) is 30.4 Å². The maximum absolute atomic E-state index is 13.2. The van der Waals surface area contributed by atoms with Crippen molar-refractivity contribution in [3.63, 3.8) is 0 Å². The van der Waals surface area contributed by atoms with Gasteiger partial charge in [0.05, 0.1) is 16.4 Å². The lowest BCUT2D eigenvalue weighted by Crippen LogP contribution is -2.40. The molecule has 0 spiro atoms. The average molecular weight is 489 g/mol. The summed E-state index contributed by atoms with van der Waals surface area (Å²) in [5.41, 5.74) is -1.32. The van der Waals surface area contributed by atoms with Gasteiger partial charge in [0.2, 0.25) is 17.6 Å². The Hall–Kier alpha value is -4.19. The first-order valence-electron chi connectivity index (χ1n) is 9.77. The smallest absolute Gasteiger partial charge is 0.339 e. The fraction of sp³-hybridized carbons (Fsp3) is 0.143. The van der Waals surface area contributed by atoms with Crippen molar-refractivity contribution >= 4 is 23.2 Å². The Kier molecular flexibility index (Phi) is 6.32. The van der Waals surface area contributed by atoms with E-state index in [1.165, 1.54) is 25.2 Å². The number of hydrogen-bond acceptors (Lipinski definition) is 7. The molecule has 4 aromatic rings. The van der Waals surface area contributed by atoms with Crippen molar-refractivity contribution in [2.24, 2.45) is 7.05 Å². The monoisotopic (exact) mass is 488 g/mol. The van der Waals surface area contributed by atoms with Crippen molar-refractivity contribution in [1.29, 1.82) is 0 Å². The standard InChI is InChI=1S/C21H15ClF2N6O4/c1-29-20(32)18(27-30(21(29)33)13-5-2-11(23)3-6-13)19-26-17(34-28-19)9-8-16(31)25-15-7-4-12(24)10-14(15)22/h2-7,10H,8-9H2,1H3,(H,25,31). The number of rotatable bonds is 6. The Morgan fingerprint density at radius 1 is 1.12 bits per heavy atom. The molecule has 0 aliphatic carbocycles. The normalized spacial score (nSPS) is 10.9. The predicted octanol–water partition coefficient (Wildman–Crippen LogP) is 2.48. The van der Waals surface area contributed by atoms with Gasteiger partial charge in [-0.05, 0) is 42.5 Å². The second kappa shape index (κ2) is 9.35. The number of benzene rings is 2. The maximum atomic E-state index is 13.2. The second-order valence-corrected chi connectivity index (χ2v) is 7.47. The van der Waals surface area contributed by atoms with Gasteiger partial charge in [-0.3, -0.25) is 14.2 Å². The molecular formula is C21H15ClF2N6O4. The van der Waals surface area contributed by atoms with E-state index in [2.05, 4.69) is 20.6 Å². The van der Waals surface area contributed by atoms with Crippen LogP contribution < -0.4 is 16.6 Å². The summed E-state index contributed by atoms with van der Waals surface area (Å²) >= 11 is 5.89. The van der Waals surface area contributed by atoms with Crippen LogP contribution >= 0.6 is 11.6 Å². The highest BCUT2D eigenvalue weighted by molar-refractivity contribution is 6.33. The number of nitrogens with zero attached hydrogens (tertiary/aromatic N) is 5. The Labute approximate surface area is 194 Å². The fourth-order valence-electron chi connectivity index (χ4n) is 2.94. The third kappa shape index (κ3) is 4.76. The molecule has 1 amide bonds. The number of carbonyl (C=O) groups excluding carboxylic acids is 1. The van der Waals surface area contributed by atoms with Crippen LogP contribution in [0.25, 0.3) is 17.2 Å². The van der Waals surface area contributed by atoms with Crippen LogP contribution in [0.3, 0.4) is 0 Å². The van der Waals surface area contributed by atoms with Crippen molar-refractivity contribution in [2.75, 3.05) is 5.32 Å². The van der Waals surface area contributed by atoms with Crippen molar-refractivity contribution in [3.8, 4) is 17.2 Å². The summed E-state index contributed by atoms with van der Waals surface area (Å²) in [7, 11) is 1.25. The molecule has 0 atom stereocenters. The number of hydrogen-bond donors (Lipinski definition) is 1. The fourth-order valence-corrected chi connectivity index (χ4v) is 3.16. The lowest BCUT2D eigenvalue weighted by molar-refractivity contribution is -0.116. The third-order valence-electron chi connectivity index (χ3n) is 4.70. The lowest BCUT2D eigenvalue weighted by Gasteiger charge is -2.07. The number of nitrogens with one attached hydrogen (secondary N) is 1. The number of amides is 1. The number of aryl methyl sites for hydroxylation is 1. The molecule has 4 rings (SSSR count). The molecule has 174 valence electrons. The molecule has 0 saturated heterocycles. The molecule has 34 heavy (non-hydrogen) atoms. The van der Waals surface area contributed by atoms with Gasteiger partial charge in [0.15, 0.2) is 5.69 Å². The van der Waals surface area contributed by atoms with Gasteiger partial charge in [-0.1, -0.05) is 16.8 Å². The summed E-state index contributed by atoms with van der Waals surface area (Å²) in [6.45, 7) is 0. The Balaban J connectivity index is 1.53. The van der Waals surface area contributed by atoms with Crippen LogP contribution in [-0.2, 0) is 18.3 Å². The van der Waals surface area contributed by atoms with Crippen LogP contribution in [0.4, 0.5) is 14.5 Å². The van der Waals surface area contributed by atoms with Gasteiger partial charge in [-0.15, -0.1) is 0 Å². The number of aromatic nitrogens is 5. The van der Waals surface area contributed by atoms with Crippen molar-refractivity contribution in [2.45, 2.75) is 12.8 Å². The summed E-state index contributed by atoms with van der Waals surface area (Å²) in [6, 6.07) is 8.50. The largest absolute Gasteiger partial charge is 0.351 e. The van der Waals surface area contributed by atoms with Crippen molar-refractivity contribution < 1.29 is 18.1 Å². The first kappa shape index (κ1) is 23.0. The van der Waals surface area contributed by atoms with Gasteiger partial charge < -0.3 is 9.84 Å². The molecule has 0 fully saturated rings. The summed E-state index contributed by atoms with van der Waals surface area (Å²) in [5.74, 6) is -1.62. The molecule has 0 aliphatic heterocycles. The number of anilines is 1. The third-order valence-corrected chi connectivity index (χ3v) is 5.01. The number of halogens is 3. The average Bonchev–Trinajstić information content (AvgIpc) is 3.28. The van der Waals surface area contributed by atoms with E-state index in [0.29, 0.717) is 0 Å². The molecule has 2 aromatic carbocycles. The molecule has 0 unspecified atom stereocenters. The van der Waals surface area contributed by atoms with Crippen LogP contribution in [0, 0.1) is 11.6 Å². The molecule has 2 aromatic heterocycles. The summed E-state index contributed by atoms with van der Waals surface area (Å²) < 4.78 is 33.2. The summed E-state index contributed by atoms with van der Waals surface area (Å²) in [4.78, 5) is 41.3. The van der Waals surface area contributed by atoms with Gasteiger partial charge in [-0.25, -0.2) is 13.6 Å². The van der Waals surface area contributed by atoms with E-state index < -0.39 is 28.8 Å². The molecule has 0 bridgehead atoms. The van der Waals surface area contributed by atoms with E-state index in [1.54, 1.807) is 0 Å². The summed E-state index contributed by atoms with van der Waals surface area (Å²) in [6.07, 6.45) is -0.0502. The molecule has 0 radical (unpaired) electrons. The maximum Gasteiger partial charge on any atom is 0.351 e. The molecule has 0 saturated carbocycles. The van der Waals surface area contributed by atoms with Gasteiger partial charge >= 0.3 is 5.69 Å². The molecule has 2 heterocycles. The van der Waals surface area contributed by atoms with Gasteiger partial charge in [0.1, 0.15) is 11.6 Å². The first-order chi connectivity index (χ1) is 16.2. The first-order valence-corrected chi connectivity index (χ1v) is 10.1. The highest BCUT2D eigenvalue weighted by Gasteiger charge is 2.19. The van der Waals surface area contributed by atoms with Gasteiger partial charge in [-0.2, -0.15) is 14.8 Å². The van der Waals surface area contributed by atoms with E-state index in [4.69, 9.17) is 16.1 Å². The van der Waals surface area contributed by atoms with Crippen LogP contribution in [0.1, 0.15) is 12.3 Å². The minimum absolute atomic E-state index is 0.0234. The number of carbonyl (C=O) groups is 1. The minimum atomic E-state index is -0.764. The Morgan fingerprint density at radius 3 is 2.53 bits per heavy atom. The van der Waals surface area contributed by atoms with Crippen LogP contribution in [0.2, 0.25) is 5.02 Å². The molecule has 10 nitrogen and oxygen atoms in total. The van der Waals surface area contributed by atoms with Gasteiger partial charge in [0, 0.05) is 19.9 Å². The molecule has 13 heteroatoms. The van der Waals surface area contributed by atoms with Gasteiger partial charge in [0.25, 0.3) is 5.56 Å². The van der Waals surface area contributed by atoms with Crippen molar-refractivity contribution in [3.05, 3.63) is 85.9 Å². The highest BCUT2D eigenvalue weighted by Crippen LogP contribution is 2.22. The van der Waals surface area contributed by atoms with E-state index in [0.717, 1.165) is 33.5 Å². The second-order valence-electron chi connectivity index (χ2n) is 7.07. The molecule has 0 aliphatic rings. The predicted molar refractivity (Wildman–Crippen MR) is 117 cm³/mol. The zero-order valence-corrected chi connectivity index (χ0v) is 18.2. The van der Waals surface area contributed by atoms with Crippen LogP contribution in [0.5, 0.6) is 0 Å².